The molecule has 3 rings (SSSR count). The highest BCUT2D eigenvalue weighted by Crippen LogP contribution is 2.27. The number of carboxylic acids is 1. The van der Waals surface area contributed by atoms with Gasteiger partial charge in [-0.1, -0.05) is 30.4 Å². The first kappa shape index (κ1) is 16.2. The fraction of sp³-hybridized carbons (Fsp3) is 0.222. The topological polar surface area (TPSA) is 93.4 Å². The number of benzene rings is 1. The summed E-state index contributed by atoms with van der Waals surface area (Å²) in [7, 11) is 0. The molecule has 6 nitrogen and oxygen atoms in total. The van der Waals surface area contributed by atoms with E-state index in [4.69, 9.17) is 0 Å². The maximum Gasteiger partial charge on any atom is 0.327 e. The lowest BCUT2D eigenvalue weighted by Crippen LogP contribution is -2.46. The first-order valence-electron chi connectivity index (χ1n) is 7.61. The molecule has 0 spiro atoms. The van der Waals surface area contributed by atoms with Crippen molar-refractivity contribution in [1.82, 2.24) is 0 Å². The third kappa shape index (κ3) is 3.45. The van der Waals surface area contributed by atoms with Crippen molar-refractivity contribution in [1.29, 1.82) is 0 Å². The molecule has 6 heteroatoms. The molecular weight excluding hydrogens is 308 g/mol. The van der Waals surface area contributed by atoms with E-state index in [9.17, 15) is 20.1 Å². The van der Waals surface area contributed by atoms with Gasteiger partial charge >= 0.3 is 5.97 Å². The van der Waals surface area contributed by atoms with Crippen LogP contribution in [0.25, 0.3) is 0 Å². The summed E-state index contributed by atoms with van der Waals surface area (Å²) >= 11 is 0. The van der Waals surface area contributed by atoms with Crippen LogP contribution in [0.1, 0.15) is 12.8 Å². The molecule has 1 aliphatic heterocycles. The minimum Gasteiger partial charge on any atom is -0.480 e. The van der Waals surface area contributed by atoms with Crippen LogP contribution < -0.4 is 4.90 Å². The van der Waals surface area contributed by atoms with Crippen LogP contribution >= 0.6 is 0 Å². The van der Waals surface area contributed by atoms with Crippen LogP contribution in [-0.2, 0) is 4.79 Å². The van der Waals surface area contributed by atoms with Crippen LogP contribution in [0.15, 0.2) is 71.4 Å². The molecule has 0 fully saturated rings. The van der Waals surface area contributed by atoms with Gasteiger partial charge in [-0.2, -0.15) is 0 Å². The third-order valence-corrected chi connectivity index (χ3v) is 3.97. The van der Waals surface area contributed by atoms with E-state index in [0.29, 0.717) is 5.84 Å². The van der Waals surface area contributed by atoms with Gasteiger partial charge in [-0.15, -0.1) is 0 Å². The first-order chi connectivity index (χ1) is 11.5. The number of hydrogen-bond acceptors (Lipinski definition) is 5. The molecule has 1 atom stereocenters. The average Bonchev–Trinajstić information content (AvgIpc) is 2.51. The number of aliphatic imine (C=N–C) groups is 1. The Balaban J connectivity index is 1.87. The third-order valence-electron chi connectivity index (χ3n) is 3.97. The minimum absolute atomic E-state index is 0.0390. The van der Waals surface area contributed by atoms with Crippen LogP contribution in [0.2, 0.25) is 0 Å². The molecule has 0 unspecified atom stereocenters. The van der Waals surface area contributed by atoms with E-state index in [1.54, 1.807) is 29.3 Å². The van der Waals surface area contributed by atoms with Gasteiger partial charge in [0.15, 0.2) is 5.79 Å². The second-order valence-electron chi connectivity index (χ2n) is 5.76. The second kappa shape index (κ2) is 6.43. The number of amidine groups is 1. The highest BCUT2D eigenvalue weighted by molar-refractivity contribution is 6.11. The Morgan fingerprint density at radius 3 is 2.46 bits per heavy atom. The number of anilines is 1. The molecule has 124 valence electrons. The Bertz CT molecular complexity index is 748. The Hall–Kier alpha value is -2.70. The van der Waals surface area contributed by atoms with Gasteiger partial charge in [0.05, 0.1) is 0 Å². The molecule has 3 N–H and O–H groups in total. The number of allylic oxidation sites excluding steroid dienone is 1. The number of aliphatic hydroxyl groups is 2. The molecule has 0 saturated carbocycles. The highest BCUT2D eigenvalue weighted by atomic mass is 16.5. The lowest BCUT2D eigenvalue weighted by Gasteiger charge is -2.33. The molecule has 0 saturated heterocycles. The fourth-order valence-electron chi connectivity index (χ4n) is 2.67. The van der Waals surface area contributed by atoms with Gasteiger partial charge in [-0.05, 0) is 29.9 Å². The lowest BCUT2D eigenvalue weighted by atomic mass is 9.96. The van der Waals surface area contributed by atoms with Gasteiger partial charge < -0.3 is 20.2 Å². The number of nitrogens with zero attached hydrogens (tertiary/aromatic N) is 2. The maximum absolute atomic E-state index is 11.9. The number of carbonyl (C=O) groups is 1. The molecule has 24 heavy (non-hydrogen) atoms. The molecule has 1 aliphatic carbocycles. The van der Waals surface area contributed by atoms with Gasteiger partial charge in [0.2, 0.25) is 0 Å². The van der Waals surface area contributed by atoms with E-state index in [-0.39, 0.29) is 12.8 Å². The summed E-state index contributed by atoms with van der Waals surface area (Å²) in [6.45, 7) is 0. The maximum atomic E-state index is 11.9. The summed E-state index contributed by atoms with van der Waals surface area (Å²) < 4.78 is 0. The second-order valence-corrected chi connectivity index (χ2v) is 5.76. The highest BCUT2D eigenvalue weighted by Gasteiger charge is 2.31. The van der Waals surface area contributed by atoms with Gasteiger partial charge in [0.25, 0.3) is 0 Å². The Labute approximate surface area is 139 Å². The molecule has 0 bridgehead atoms. The number of rotatable bonds is 5. The summed E-state index contributed by atoms with van der Waals surface area (Å²) in [5, 5.41) is 28.8. The van der Waals surface area contributed by atoms with Gasteiger partial charge in [0.1, 0.15) is 11.9 Å². The van der Waals surface area contributed by atoms with E-state index in [1.165, 1.54) is 6.08 Å². The molecule has 0 radical (unpaired) electrons. The van der Waals surface area contributed by atoms with Gasteiger partial charge in [-0.25, -0.2) is 9.79 Å². The van der Waals surface area contributed by atoms with Crippen molar-refractivity contribution in [2.24, 2.45) is 4.99 Å². The normalized spacial score (nSPS) is 19.1. The Morgan fingerprint density at radius 2 is 1.96 bits per heavy atom. The molecule has 0 amide bonds. The molecule has 1 aromatic carbocycles. The van der Waals surface area contributed by atoms with E-state index < -0.39 is 17.8 Å². The van der Waals surface area contributed by atoms with Crippen molar-refractivity contribution < 1.29 is 20.1 Å². The molecule has 1 aromatic rings. The first-order valence-corrected chi connectivity index (χ1v) is 7.61. The zero-order chi connectivity index (χ0) is 17.2. The molecule has 0 aromatic heterocycles. The summed E-state index contributed by atoms with van der Waals surface area (Å²) in [6.07, 6.45) is 8.13. The van der Waals surface area contributed by atoms with E-state index in [1.807, 2.05) is 30.3 Å². The van der Waals surface area contributed by atoms with Crippen molar-refractivity contribution in [3.63, 3.8) is 0 Å². The van der Waals surface area contributed by atoms with Crippen molar-refractivity contribution in [2.45, 2.75) is 24.7 Å². The smallest absolute Gasteiger partial charge is 0.327 e. The quantitative estimate of drug-likeness (QED) is 0.718. The molecular formula is C18H18N2O4. The van der Waals surface area contributed by atoms with Crippen molar-refractivity contribution in [3.8, 4) is 0 Å². The monoisotopic (exact) mass is 326 g/mol. The Kier molecular flexibility index (Phi) is 4.33. The van der Waals surface area contributed by atoms with Gasteiger partial charge in [-0.3, -0.25) is 0 Å². The Morgan fingerprint density at radius 1 is 1.25 bits per heavy atom. The van der Waals surface area contributed by atoms with Crippen LogP contribution in [0, 0.1) is 0 Å². The van der Waals surface area contributed by atoms with E-state index >= 15 is 0 Å². The number of hydrogen-bond donors (Lipinski definition) is 3. The van der Waals surface area contributed by atoms with Crippen LogP contribution in [0.5, 0.6) is 0 Å². The van der Waals surface area contributed by atoms with Crippen LogP contribution in [0.3, 0.4) is 0 Å². The number of para-hydroxylation sites is 1. The number of carboxylic acid groups (broad SMARTS) is 1. The summed E-state index contributed by atoms with van der Waals surface area (Å²) in [4.78, 5) is 17.7. The van der Waals surface area contributed by atoms with Crippen LogP contribution in [-0.4, -0.2) is 39.0 Å². The summed E-state index contributed by atoms with van der Waals surface area (Å²) in [6, 6.07) is 8.37. The van der Waals surface area contributed by atoms with Gasteiger partial charge in [0, 0.05) is 24.7 Å². The van der Waals surface area contributed by atoms with E-state index in [2.05, 4.69) is 4.99 Å². The SMILES string of the molecule is O=C(O)[C@H](CC1=CCC(O)(O)C=C1)N(C1=NC=C1)c1ccccc1. The lowest BCUT2D eigenvalue weighted by molar-refractivity contribution is -0.138. The summed E-state index contributed by atoms with van der Waals surface area (Å²) in [5.74, 6) is -2.24. The standard InChI is InChI=1S/C18H18N2O4/c21-17(22)15(12-13-6-9-18(23,24)10-7-13)20(16-8-11-19-16)14-4-2-1-3-5-14/h1-9,11,15,23-24H,10,12H2,(H,21,22)/t15-/m0/s1. The fourth-order valence-corrected chi connectivity index (χ4v) is 2.67. The predicted molar refractivity (Wildman–Crippen MR) is 90.5 cm³/mol. The zero-order valence-corrected chi connectivity index (χ0v) is 12.9. The minimum atomic E-state index is -1.86. The van der Waals surface area contributed by atoms with Crippen molar-refractivity contribution >= 4 is 17.5 Å². The van der Waals surface area contributed by atoms with Crippen LogP contribution in [0.4, 0.5) is 5.69 Å². The predicted octanol–water partition coefficient (Wildman–Crippen LogP) is 1.83. The van der Waals surface area contributed by atoms with E-state index in [0.717, 1.165) is 11.3 Å². The van der Waals surface area contributed by atoms with Crippen molar-refractivity contribution in [2.75, 3.05) is 4.90 Å². The average molecular weight is 326 g/mol. The molecule has 2 aliphatic rings. The largest absolute Gasteiger partial charge is 0.480 e. The summed E-state index contributed by atoms with van der Waals surface area (Å²) in [5.41, 5.74) is 1.48. The van der Waals surface area contributed by atoms with Crippen molar-refractivity contribution in [3.05, 3.63) is 66.4 Å². The molecule has 1 heterocycles. The number of aliphatic carboxylic acids is 1. The zero-order valence-electron chi connectivity index (χ0n) is 12.9.